The smallest absolute Gasteiger partial charge is 0.228 e. The van der Waals surface area contributed by atoms with Crippen molar-refractivity contribution in [3.05, 3.63) is 64.8 Å². The van der Waals surface area contributed by atoms with Crippen molar-refractivity contribution in [1.29, 1.82) is 0 Å². The van der Waals surface area contributed by atoms with Gasteiger partial charge < -0.3 is 9.88 Å². The van der Waals surface area contributed by atoms with E-state index >= 15 is 0 Å². The topological polar surface area (TPSA) is 34.0 Å². The fourth-order valence-corrected chi connectivity index (χ4v) is 4.76. The number of carbonyl (C=O) groups is 1. The van der Waals surface area contributed by atoms with Crippen molar-refractivity contribution in [2.24, 2.45) is 0 Å². The predicted octanol–water partition coefficient (Wildman–Crippen LogP) is 4.65. The second-order valence-electron chi connectivity index (χ2n) is 7.63. The fourth-order valence-electron chi connectivity index (χ4n) is 4.76. The minimum atomic E-state index is 0.0614. The molecule has 1 aromatic heterocycles. The minimum absolute atomic E-state index is 0.0614. The molecule has 0 unspecified atom stereocenters. The molecule has 2 heterocycles. The second-order valence-corrected chi connectivity index (χ2v) is 7.63. The van der Waals surface area contributed by atoms with Crippen LogP contribution in [-0.2, 0) is 37.0 Å². The van der Waals surface area contributed by atoms with Crippen LogP contribution in [-0.4, -0.2) is 10.5 Å². The van der Waals surface area contributed by atoms with E-state index in [1.807, 2.05) is 30.3 Å². The first-order valence-electron chi connectivity index (χ1n) is 9.80. The highest BCUT2D eigenvalue weighted by molar-refractivity contribution is 5.98. The summed E-state index contributed by atoms with van der Waals surface area (Å²) in [5.41, 5.74) is 7.93. The molecule has 1 aliphatic heterocycles. The lowest BCUT2D eigenvalue weighted by molar-refractivity contribution is -0.115. The molecule has 0 saturated carbocycles. The summed E-state index contributed by atoms with van der Waals surface area (Å²) < 4.78 is 2.56. The molecular weight excluding hydrogens is 320 g/mol. The van der Waals surface area contributed by atoms with Crippen molar-refractivity contribution in [2.75, 3.05) is 5.32 Å². The Morgan fingerprint density at radius 3 is 2.73 bits per heavy atom. The van der Waals surface area contributed by atoms with Gasteiger partial charge >= 0.3 is 0 Å². The molecule has 0 saturated heterocycles. The van der Waals surface area contributed by atoms with Crippen LogP contribution in [0.2, 0.25) is 0 Å². The van der Waals surface area contributed by atoms with Crippen LogP contribution in [0, 0.1) is 0 Å². The van der Waals surface area contributed by atoms with Gasteiger partial charge in [0.2, 0.25) is 5.91 Å². The lowest BCUT2D eigenvalue weighted by Gasteiger charge is -2.09. The van der Waals surface area contributed by atoms with Gasteiger partial charge in [0.25, 0.3) is 0 Å². The number of fused-ring (bicyclic) bond motifs is 3. The molecule has 3 aromatic rings. The van der Waals surface area contributed by atoms with Gasteiger partial charge in [-0.2, -0.15) is 0 Å². The first-order chi connectivity index (χ1) is 12.8. The summed E-state index contributed by atoms with van der Waals surface area (Å²) in [7, 11) is 0. The number of hydrogen-bond donors (Lipinski definition) is 1. The number of benzene rings is 2. The summed E-state index contributed by atoms with van der Waals surface area (Å²) in [5.74, 6) is 0.0614. The number of nitrogens with one attached hydrogen (secondary N) is 1. The third-order valence-electron chi connectivity index (χ3n) is 5.89. The van der Waals surface area contributed by atoms with E-state index in [-0.39, 0.29) is 5.91 Å². The first kappa shape index (κ1) is 15.7. The maximum atomic E-state index is 12.5. The van der Waals surface area contributed by atoms with Crippen molar-refractivity contribution >= 4 is 22.5 Å². The van der Waals surface area contributed by atoms with Gasteiger partial charge in [0.15, 0.2) is 0 Å². The van der Waals surface area contributed by atoms with Crippen LogP contribution in [0.4, 0.5) is 5.69 Å². The SMILES string of the molecule is O=C(Cc1ccccc1)Nc1cc2c3c(c1)c1c(n3CC2)CCCCC1. The van der Waals surface area contributed by atoms with E-state index in [1.54, 1.807) is 5.69 Å². The predicted molar refractivity (Wildman–Crippen MR) is 106 cm³/mol. The van der Waals surface area contributed by atoms with E-state index in [4.69, 9.17) is 0 Å². The van der Waals surface area contributed by atoms with Crippen LogP contribution < -0.4 is 5.32 Å². The zero-order valence-electron chi connectivity index (χ0n) is 15.1. The molecule has 0 fully saturated rings. The molecule has 0 radical (unpaired) electrons. The number of aryl methyl sites for hydroxylation is 3. The molecule has 2 aliphatic rings. The minimum Gasteiger partial charge on any atom is -0.344 e. The Kier molecular flexibility index (Phi) is 3.81. The Morgan fingerprint density at radius 1 is 1.00 bits per heavy atom. The Labute approximate surface area is 154 Å². The third kappa shape index (κ3) is 2.63. The molecule has 2 aromatic carbocycles. The molecule has 26 heavy (non-hydrogen) atoms. The van der Waals surface area contributed by atoms with E-state index in [0.29, 0.717) is 6.42 Å². The molecule has 5 rings (SSSR count). The molecule has 3 heteroatoms. The van der Waals surface area contributed by atoms with Crippen molar-refractivity contribution in [3.8, 4) is 0 Å². The van der Waals surface area contributed by atoms with E-state index in [2.05, 4.69) is 22.0 Å². The lowest BCUT2D eigenvalue weighted by atomic mass is 10.0. The van der Waals surface area contributed by atoms with Gasteiger partial charge in [-0.15, -0.1) is 0 Å². The van der Waals surface area contributed by atoms with Crippen molar-refractivity contribution in [2.45, 2.75) is 51.5 Å². The van der Waals surface area contributed by atoms with Gasteiger partial charge in [0.1, 0.15) is 0 Å². The molecule has 3 nitrogen and oxygen atoms in total. The molecule has 0 spiro atoms. The monoisotopic (exact) mass is 344 g/mol. The number of nitrogens with zero attached hydrogens (tertiary/aromatic N) is 1. The standard InChI is InChI=1S/C23H24N2O/c26-22(13-16-7-3-1-4-8-16)24-18-14-17-11-12-25-21-10-6-2-5-9-19(21)20(15-18)23(17)25/h1,3-4,7-8,14-15H,2,5-6,9-13H2,(H,24,26). The lowest BCUT2D eigenvalue weighted by Crippen LogP contribution is -2.14. The molecule has 1 aliphatic carbocycles. The average Bonchev–Trinajstić information content (AvgIpc) is 3.08. The summed E-state index contributed by atoms with van der Waals surface area (Å²) in [6.45, 7) is 1.10. The van der Waals surface area contributed by atoms with E-state index < -0.39 is 0 Å². The highest BCUT2D eigenvalue weighted by atomic mass is 16.1. The zero-order chi connectivity index (χ0) is 17.5. The molecule has 132 valence electrons. The highest BCUT2D eigenvalue weighted by Gasteiger charge is 2.25. The molecule has 1 amide bonds. The summed E-state index contributed by atoms with van der Waals surface area (Å²) in [5, 5.41) is 4.53. The zero-order valence-corrected chi connectivity index (χ0v) is 15.1. The number of anilines is 1. The van der Waals surface area contributed by atoms with E-state index in [1.165, 1.54) is 54.1 Å². The van der Waals surface area contributed by atoms with E-state index in [0.717, 1.165) is 24.2 Å². The molecule has 0 bridgehead atoms. The Bertz CT molecular complexity index is 985. The maximum Gasteiger partial charge on any atom is 0.228 e. The van der Waals surface area contributed by atoms with Gasteiger partial charge in [0.05, 0.1) is 11.9 Å². The normalized spacial score (nSPS) is 15.7. The number of carbonyl (C=O) groups excluding carboxylic acids is 1. The highest BCUT2D eigenvalue weighted by Crippen LogP contribution is 2.38. The van der Waals surface area contributed by atoms with Crippen LogP contribution in [0.15, 0.2) is 42.5 Å². The quantitative estimate of drug-likeness (QED) is 0.690. The van der Waals surface area contributed by atoms with Crippen molar-refractivity contribution in [3.63, 3.8) is 0 Å². The van der Waals surface area contributed by atoms with Gasteiger partial charge in [0, 0.05) is 23.3 Å². The largest absolute Gasteiger partial charge is 0.344 e. The summed E-state index contributed by atoms with van der Waals surface area (Å²) in [6, 6.07) is 14.3. The van der Waals surface area contributed by atoms with Crippen LogP contribution in [0.5, 0.6) is 0 Å². The van der Waals surface area contributed by atoms with Gasteiger partial charge in [-0.05, 0) is 60.9 Å². The summed E-state index contributed by atoms with van der Waals surface area (Å²) in [6.07, 6.45) is 7.82. The number of amides is 1. The van der Waals surface area contributed by atoms with Gasteiger partial charge in [-0.3, -0.25) is 4.79 Å². The van der Waals surface area contributed by atoms with Crippen LogP contribution >= 0.6 is 0 Å². The van der Waals surface area contributed by atoms with Crippen LogP contribution in [0.3, 0.4) is 0 Å². The summed E-state index contributed by atoms with van der Waals surface area (Å²) >= 11 is 0. The second kappa shape index (κ2) is 6.31. The fraction of sp³-hybridized carbons (Fsp3) is 0.348. The maximum absolute atomic E-state index is 12.5. The first-order valence-corrected chi connectivity index (χ1v) is 9.80. The van der Waals surface area contributed by atoms with Gasteiger partial charge in [-0.1, -0.05) is 36.8 Å². The van der Waals surface area contributed by atoms with E-state index in [9.17, 15) is 4.79 Å². The third-order valence-corrected chi connectivity index (χ3v) is 5.89. The van der Waals surface area contributed by atoms with Crippen LogP contribution in [0.1, 0.15) is 41.6 Å². The summed E-state index contributed by atoms with van der Waals surface area (Å²) in [4.78, 5) is 12.5. The van der Waals surface area contributed by atoms with Crippen LogP contribution in [0.25, 0.3) is 10.9 Å². The Balaban J connectivity index is 1.48. The Hall–Kier alpha value is -2.55. The molecule has 0 atom stereocenters. The van der Waals surface area contributed by atoms with Crippen molar-refractivity contribution in [1.82, 2.24) is 4.57 Å². The van der Waals surface area contributed by atoms with Gasteiger partial charge in [-0.25, -0.2) is 0 Å². The number of rotatable bonds is 3. The molecular formula is C23H24N2O. The number of hydrogen-bond acceptors (Lipinski definition) is 1. The molecule has 1 N–H and O–H groups in total. The Morgan fingerprint density at radius 2 is 1.85 bits per heavy atom. The van der Waals surface area contributed by atoms with Crippen molar-refractivity contribution < 1.29 is 4.79 Å². The number of aromatic nitrogens is 1. The average molecular weight is 344 g/mol.